The van der Waals surface area contributed by atoms with Crippen molar-refractivity contribution in [2.75, 3.05) is 4.90 Å². The molecule has 0 spiro atoms. The summed E-state index contributed by atoms with van der Waals surface area (Å²) >= 11 is 3.84. The van der Waals surface area contributed by atoms with Crippen LogP contribution in [0.5, 0.6) is 0 Å². The van der Waals surface area contributed by atoms with Gasteiger partial charge in [0.2, 0.25) is 0 Å². The number of para-hydroxylation sites is 1. The van der Waals surface area contributed by atoms with Crippen LogP contribution >= 0.6 is 22.7 Å². The predicted molar refractivity (Wildman–Crippen MR) is 244 cm³/mol. The molecule has 0 atom stereocenters. The highest BCUT2D eigenvalue weighted by Crippen LogP contribution is 2.48. The number of nitrogens with zero attached hydrogens (tertiary/aromatic N) is 2. The number of thiophene rings is 2. The molecule has 0 aliphatic heterocycles. The van der Waals surface area contributed by atoms with E-state index in [-0.39, 0.29) is 0 Å². The average Bonchev–Trinajstić information content (AvgIpc) is 3.94. The molecule has 3 aromatic heterocycles. The van der Waals surface area contributed by atoms with E-state index in [4.69, 9.17) is 0 Å². The Morgan fingerprint density at radius 2 is 0.857 bits per heavy atom. The highest BCUT2D eigenvalue weighted by molar-refractivity contribution is 7.28. The molecule has 0 saturated heterocycles. The largest absolute Gasteiger partial charge is 0.310 e. The Bertz CT molecular complexity index is 3330. The van der Waals surface area contributed by atoms with Gasteiger partial charge in [-0.1, -0.05) is 121 Å². The lowest BCUT2D eigenvalue weighted by Crippen LogP contribution is -2.09. The lowest BCUT2D eigenvalue weighted by atomic mass is 10.0. The van der Waals surface area contributed by atoms with E-state index in [0.29, 0.717) is 0 Å². The number of anilines is 3. The average molecular weight is 749 g/mol. The molecule has 0 amide bonds. The second-order valence-corrected chi connectivity index (χ2v) is 16.6. The first-order valence-corrected chi connectivity index (χ1v) is 20.6. The molecule has 9 aromatic carbocycles. The summed E-state index contributed by atoms with van der Waals surface area (Å²) in [7, 11) is 0. The highest BCUT2D eigenvalue weighted by atomic mass is 32.1. The van der Waals surface area contributed by atoms with Crippen molar-refractivity contribution in [2.24, 2.45) is 0 Å². The monoisotopic (exact) mass is 748 g/mol. The van der Waals surface area contributed by atoms with Gasteiger partial charge in [0.15, 0.2) is 0 Å². The van der Waals surface area contributed by atoms with Crippen LogP contribution in [-0.4, -0.2) is 4.57 Å². The Labute approximate surface area is 331 Å². The summed E-state index contributed by atoms with van der Waals surface area (Å²) in [6.45, 7) is 0. The first kappa shape index (κ1) is 31.6. The number of aromatic nitrogens is 1. The van der Waals surface area contributed by atoms with Crippen molar-refractivity contribution in [3.63, 3.8) is 0 Å². The lowest BCUT2D eigenvalue weighted by molar-refractivity contribution is 1.18. The Morgan fingerprint density at radius 1 is 0.357 bits per heavy atom. The molecule has 0 aliphatic carbocycles. The van der Waals surface area contributed by atoms with Crippen molar-refractivity contribution in [1.82, 2.24) is 4.57 Å². The molecule has 3 heterocycles. The molecule has 12 aromatic rings. The fourth-order valence-corrected chi connectivity index (χ4v) is 11.3. The van der Waals surface area contributed by atoms with Crippen LogP contribution in [0.15, 0.2) is 194 Å². The van der Waals surface area contributed by atoms with Gasteiger partial charge >= 0.3 is 0 Å². The molecule has 0 N–H and O–H groups in total. The van der Waals surface area contributed by atoms with Crippen molar-refractivity contribution >= 4 is 113 Å². The molecule has 0 unspecified atom stereocenters. The fourth-order valence-electron chi connectivity index (χ4n) is 8.77. The maximum Gasteiger partial charge on any atom is 0.0556 e. The van der Waals surface area contributed by atoms with Gasteiger partial charge in [-0.25, -0.2) is 0 Å². The van der Waals surface area contributed by atoms with Gasteiger partial charge < -0.3 is 9.47 Å². The van der Waals surface area contributed by atoms with E-state index in [2.05, 4.69) is 204 Å². The quantitative estimate of drug-likeness (QED) is 0.170. The molecule has 4 heteroatoms. The first-order valence-electron chi connectivity index (χ1n) is 19.0. The van der Waals surface area contributed by atoms with Crippen LogP contribution in [0.2, 0.25) is 0 Å². The number of hydrogen-bond acceptors (Lipinski definition) is 3. The predicted octanol–water partition coefficient (Wildman–Crippen LogP) is 15.8. The van der Waals surface area contributed by atoms with Crippen molar-refractivity contribution in [2.45, 2.75) is 0 Å². The molecule has 56 heavy (non-hydrogen) atoms. The highest BCUT2D eigenvalue weighted by Gasteiger charge is 2.21. The van der Waals surface area contributed by atoms with Crippen molar-refractivity contribution < 1.29 is 0 Å². The molecular weight excluding hydrogens is 717 g/mol. The summed E-state index contributed by atoms with van der Waals surface area (Å²) in [6, 6.07) is 71.0. The van der Waals surface area contributed by atoms with Gasteiger partial charge in [-0.2, -0.15) is 0 Å². The van der Waals surface area contributed by atoms with Crippen LogP contribution in [0, 0.1) is 0 Å². The number of benzene rings is 9. The summed E-state index contributed by atoms with van der Waals surface area (Å²) in [5, 5.41) is 10.5. The summed E-state index contributed by atoms with van der Waals surface area (Å²) in [6.07, 6.45) is 0. The molecule has 0 bridgehead atoms. The Morgan fingerprint density at radius 3 is 1.48 bits per heavy atom. The van der Waals surface area contributed by atoms with E-state index in [1.54, 1.807) is 0 Å². The van der Waals surface area contributed by atoms with E-state index in [0.717, 1.165) is 22.7 Å². The number of hydrogen-bond donors (Lipinski definition) is 0. The summed E-state index contributed by atoms with van der Waals surface area (Å²) in [5.74, 6) is 0. The molecule has 0 saturated carbocycles. The van der Waals surface area contributed by atoms with E-state index in [1.165, 1.54) is 84.0 Å². The molecule has 0 radical (unpaired) electrons. The maximum absolute atomic E-state index is 2.48. The van der Waals surface area contributed by atoms with Gasteiger partial charge in [0.1, 0.15) is 0 Å². The molecule has 262 valence electrons. The topological polar surface area (TPSA) is 8.17 Å². The van der Waals surface area contributed by atoms with Gasteiger partial charge in [-0.05, 0) is 94.7 Å². The number of rotatable bonds is 5. The smallest absolute Gasteiger partial charge is 0.0556 e. The van der Waals surface area contributed by atoms with Gasteiger partial charge in [-0.3, -0.25) is 0 Å². The first-order chi connectivity index (χ1) is 27.8. The van der Waals surface area contributed by atoms with E-state index >= 15 is 0 Å². The van der Waals surface area contributed by atoms with Crippen molar-refractivity contribution in [1.29, 1.82) is 0 Å². The summed E-state index contributed by atoms with van der Waals surface area (Å²) < 4.78 is 7.87. The fraction of sp³-hybridized carbons (Fsp3) is 0. The minimum Gasteiger partial charge on any atom is -0.310 e. The van der Waals surface area contributed by atoms with E-state index in [1.807, 2.05) is 22.7 Å². The minimum atomic E-state index is 1.12. The Balaban J connectivity index is 0.983. The number of fused-ring (bicyclic) bond motifs is 12. The Hall–Kier alpha value is -6.72. The minimum absolute atomic E-state index is 1.12. The SMILES string of the molecule is c1ccc(N(c2ccc(-c3ccc(-n4c5ccc6c7ccccc7sc6c5c5c6sc7ccccc7c6ccc54)cc3)cc2)c2ccc3ccccc3c2)cc1. The molecule has 0 fully saturated rings. The van der Waals surface area contributed by atoms with Gasteiger partial charge in [0.25, 0.3) is 0 Å². The molecule has 2 nitrogen and oxygen atoms in total. The second-order valence-electron chi connectivity index (χ2n) is 14.5. The summed E-state index contributed by atoms with van der Waals surface area (Å²) in [4.78, 5) is 2.34. The van der Waals surface area contributed by atoms with Crippen LogP contribution in [0.4, 0.5) is 17.1 Å². The zero-order chi connectivity index (χ0) is 36.7. The van der Waals surface area contributed by atoms with Crippen LogP contribution in [-0.2, 0) is 0 Å². The maximum atomic E-state index is 2.48. The molecule has 12 rings (SSSR count). The van der Waals surface area contributed by atoms with Gasteiger partial charge in [-0.15, -0.1) is 22.7 Å². The third kappa shape index (κ3) is 4.80. The molecular formula is C52H32N2S2. The zero-order valence-electron chi connectivity index (χ0n) is 30.2. The van der Waals surface area contributed by atoms with Crippen LogP contribution in [0.1, 0.15) is 0 Å². The van der Waals surface area contributed by atoms with Gasteiger partial charge in [0.05, 0.1) is 11.0 Å². The summed E-state index contributed by atoms with van der Waals surface area (Å²) in [5.41, 5.74) is 9.43. The van der Waals surface area contributed by atoms with Crippen LogP contribution in [0.25, 0.3) is 89.7 Å². The van der Waals surface area contributed by atoms with E-state index < -0.39 is 0 Å². The second kappa shape index (κ2) is 12.4. The lowest BCUT2D eigenvalue weighted by Gasteiger charge is -2.26. The standard InChI is InChI=1S/C52H32N2S2/c1-2-12-37(13-3-1)53(40-27-22-33-10-4-5-11-36(33)32-40)38-23-18-34(19-24-38)35-20-25-39(26-21-35)54-45-30-28-43-41-14-6-8-16-47(41)55-51(43)49(45)50-46(54)31-29-44-42-15-7-9-17-48(42)56-52(44)50/h1-32H. The van der Waals surface area contributed by atoms with Crippen LogP contribution in [0.3, 0.4) is 0 Å². The normalized spacial score (nSPS) is 11.9. The third-order valence-corrected chi connectivity index (χ3v) is 13.8. The molecule has 0 aliphatic rings. The Kier molecular flexibility index (Phi) is 7.00. The van der Waals surface area contributed by atoms with Crippen molar-refractivity contribution in [3.8, 4) is 16.8 Å². The third-order valence-electron chi connectivity index (χ3n) is 11.4. The van der Waals surface area contributed by atoms with E-state index in [9.17, 15) is 0 Å². The van der Waals surface area contributed by atoms with Crippen LogP contribution < -0.4 is 4.90 Å². The zero-order valence-corrected chi connectivity index (χ0v) is 31.8. The van der Waals surface area contributed by atoms with Gasteiger partial charge in [0, 0.05) is 73.9 Å². The van der Waals surface area contributed by atoms with Crippen molar-refractivity contribution in [3.05, 3.63) is 194 Å².